The molecule has 8 nitrogen and oxygen atoms in total. The lowest BCUT2D eigenvalue weighted by molar-refractivity contribution is -0.131. The monoisotopic (exact) mass is 562 g/mol. The average Bonchev–Trinajstić information content (AvgIpc) is 3.31. The maximum atomic E-state index is 13.5. The molecule has 0 radical (unpaired) electrons. The molecule has 1 saturated heterocycles. The first-order chi connectivity index (χ1) is 18.2. The van der Waals surface area contributed by atoms with Crippen LogP contribution in [0.3, 0.4) is 0 Å². The Kier molecular flexibility index (Phi) is 11.7. The molecule has 2 N–H and O–H groups in total. The van der Waals surface area contributed by atoms with Gasteiger partial charge in [-0.25, -0.2) is 4.98 Å². The highest BCUT2D eigenvalue weighted by Gasteiger charge is 2.28. The molecule has 1 aromatic carbocycles. The number of nitrogens with one attached hydrogen (secondary N) is 2. The summed E-state index contributed by atoms with van der Waals surface area (Å²) in [5.74, 6) is -0.789. The number of ketones is 1. The molecule has 0 unspecified atom stereocenters. The van der Waals surface area contributed by atoms with Gasteiger partial charge in [0.1, 0.15) is 0 Å². The molecule has 0 aliphatic carbocycles. The number of nitrogens with zero attached hydrogens (tertiary/aromatic N) is 2. The number of Topliss-reactive ketones (excluding diaryl/α,β-unsaturated/α-hetero) is 1. The SMILES string of the molecule is C=C(CN1CCOCC1)C(=O)CC[C@@H](NC(=O)[C@@H](CC(=O)NC)Cc1nc2ccc(Cl)cc2s1)[C@@H](C)CC. The highest BCUT2D eigenvalue weighted by molar-refractivity contribution is 7.18. The molecule has 3 rings (SSSR count). The van der Waals surface area contributed by atoms with Crippen LogP contribution in [0.4, 0.5) is 0 Å². The van der Waals surface area contributed by atoms with Crippen LogP contribution in [0.1, 0.15) is 44.5 Å². The molecule has 2 heterocycles. The molecule has 0 saturated carbocycles. The molecule has 2 amide bonds. The Bertz CT molecular complexity index is 1130. The van der Waals surface area contributed by atoms with Crippen LogP contribution in [0.2, 0.25) is 5.02 Å². The molecular weight excluding hydrogens is 524 g/mol. The number of rotatable bonds is 14. The molecule has 38 heavy (non-hydrogen) atoms. The van der Waals surface area contributed by atoms with E-state index in [0.29, 0.717) is 49.6 Å². The van der Waals surface area contributed by atoms with Gasteiger partial charge in [-0.2, -0.15) is 0 Å². The Balaban J connectivity index is 1.65. The van der Waals surface area contributed by atoms with Gasteiger partial charge >= 0.3 is 0 Å². The molecule has 10 heteroatoms. The Morgan fingerprint density at radius 3 is 2.68 bits per heavy atom. The standard InChI is InChI=1S/C28H39ClN4O4S/c1-5-18(2)22(8-9-24(34)19(3)17-33-10-12-37-13-11-33)32-28(36)20(14-26(35)30-4)15-27-31-23-7-6-21(29)16-25(23)38-27/h6-7,16,18,20,22H,3,5,8-15,17H2,1-2,4H3,(H,30,35)(H,32,36)/t18-,20-,22+/m0/s1. The molecule has 2 aromatic rings. The molecule has 1 aliphatic heterocycles. The van der Waals surface area contributed by atoms with Crippen LogP contribution in [0, 0.1) is 11.8 Å². The third-order valence-corrected chi connectivity index (χ3v) is 8.43. The van der Waals surface area contributed by atoms with E-state index in [1.807, 2.05) is 12.1 Å². The van der Waals surface area contributed by atoms with Crippen molar-refractivity contribution in [2.24, 2.45) is 11.8 Å². The Hall–Kier alpha value is -2.33. The van der Waals surface area contributed by atoms with Gasteiger partial charge in [0.2, 0.25) is 11.8 Å². The fourth-order valence-electron chi connectivity index (χ4n) is 4.49. The predicted molar refractivity (Wildman–Crippen MR) is 153 cm³/mol. The van der Waals surface area contributed by atoms with Gasteiger partial charge in [-0.3, -0.25) is 19.3 Å². The number of amides is 2. The van der Waals surface area contributed by atoms with E-state index in [2.05, 4.69) is 40.9 Å². The summed E-state index contributed by atoms with van der Waals surface area (Å²) in [4.78, 5) is 45.4. The number of hydrogen-bond donors (Lipinski definition) is 2. The molecule has 1 aromatic heterocycles. The van der Waals surface area contributed by atoms with Crippen molar-refractivity contribution >= 4 is 50.8 Å². The number of aromatic nitrogens is 1. The summed E-state index contributed by atoms with van der Waals surface area (Å²) in [6, 6.07) is 5.31. The largest absolute Gasteiger partial charge is 0.379 e. The van der Waals surface area contributed by atoms with Crippen molar-refractivity contribution in [1.29, 1.82) is 0 Å². The lowest BCUT2D eigenvalue weighted by atomic mass is 9.91. The highest BCUT2D eigenvalue weighted by atomic mass is 35.5. The second-order valence-electron chi connectivity index (χ2n) is 9.95. The summed E-state index contributed by atoms with van der Waals surface area (Å²) in [6.07, 6.45) is 2.10. The highest BCUT2D eigenvalue weighted by Crippen LogP contribution is 2.28. The fourth-order valence-corrected chi connectivity index (χ4v) is 5.82. The number of benzene rings is 1. The second-order valence-corrected chi connectivity index (χ2v) is 11.5. The second kappa shape index (κ2) is 14.7. The van der Waals surface area contributed by atoms with E-state index in [9.17, 15) is 14.4 Å². The normalized spacial score (nSPS) is 16.5. The van der Waals surface area contributed by atoms with E-state index in [-0.39, 0.29) is 36.0 Å². The Morgan fingerprint density at radius 1 is 1.26 bits per heavy atom. The number of morpholine rings is 1. The lowest BCUT2D eigenvalue weighted by Crippen LogP contribution is -2.44. The zero-order chi connectivity index (χ0) is 27.7. The maximum Gasteiger partial charge on any atom is 0.224 e. The van der Waals surface area contributed by atoms with E-state index in [4.69, 9.17) is 16.3 Å². The first-order valence-electron chi connectivity index (χ1n) is 13.3. The average molecular weight is 563 g/mol. The zero-order valence-electron chi connectivity index (χ0n) is 22.6. The first-order valence-corrected chi connectivity index (χ1v) is 14.5. The van der Waals surface area contributed by atoms with E-state index in [0.717, 1.165) is 34.7 Å². The van der Waals surface area contributed by atoms with Crippen LogP contribution in [0.5, 0.6) is 0 Å². The van der Waals surface area contributed by atoms with E-state index < -0.39 is 5.92 Å². The van der Waals surface area contributed by atoms with Crippen LogP contribution >= 0.6 is 22.9 Å². The predicted octanol–water partition coefficient (Wildman–Crippen LogP) is 4.01. The maximum absolute atomic E-state index is 13.5. The van der Waals surface area contributed by atoms with Gasteiger partial charge < -0.3 is 15.4 Å². The number of halogens is 1. The summed E-state index contributed by atoms with van der Waals surface area (Å²) < 4.78 is 6.32. The minimum atomic E-state index is -0.579. The van der Waals surface area contributed by atoms with E-state index in [1.54, 1.807) is 13.1 Å². The van der Waals surface area contributed by atoms with Crippen molar-refractivity contribution in [3.05, 3.63) is 40.4 Å². The third kappa shape index (κ3) is 8.86. The van der Waals surface area contributed by atoms with Crippen LogP contribution in [0.15, 0.2) is 30.4 Å². The van der Waals surface area contributed by atoms with Crippen molar-refractivity contribution in [2.75, 3.05) is 39.9 Å². The van der Waals surface area contributed by atoms with Gasteiger partial charge in [0.05, 0.1) is 34.4 Å². The quantitative estimate of drug-likeness (QED) is 0.337. The Labute approximate surface area is 234 Å². The van der Waals surface area contributed by atoms with Crippen LogP contribution in [0.25, 0.3) is 10.2 Å². The van der Waals surface area contributed by atoms with Gasteiger partial charge in [-0.1, -0.05) is 38.4 Å². The number of thiazole rings is 1. The molecule has 1 fully saturated rings. The summed E-state index contributed by atoms with van der Waals surface area (Å²) >= 11 is 7.60. The number of fused-ring (bicyclic) bond motifs is 1. The van der Waals surface area contributed by atoms with Crippen LogP contribution in [-0.2, 0) is 25.5 Å². The molecule has 0 bridgehead atoms. The van der Waals surface area contributed by atoms with Crippen molar-refractivity contribution in [2.45, 2.75) is 52.0 Å². The van der Waals surface area contributed by atoms with Gasteiger partial charge in [-0.05, 0) is 30.5 Å². The lowest BCUT2D eigenvalue weighted by Gasteiger charge is -2.28. The van der Waals surface area contributed by atoms with Gasteiger partial charge in [0, 0.05) is 62.6 Å². The van der Waals surface area contributed by atoms with E-state index in [1.165, 1.54) is 11.3 Å². The summed E-state index contributed by atoms with van der Waals surface area (Å²) in [5, 5.41) is 7.20. The van der Waals surface area contributed by atoms with Crippen molar-refractivity contribution < 1.29 is 19.1 Å². The number of carbonyl (C=O) groups is 3. The summed E-state index contributed by atoms with van der Waals surface area (Å²) in [6.45, 7) is 11.6. The number of ether oxygens (including phenoxy) is 1. The summed E-state index contributed by atoms with van der Waals surface area (Å²) in [7, 11) is 1.56. The number of carbonyl (C=O) groups excluding carboxylic acids is 3. The minimum Gasteiger partial charge on any atom is -0.379 e. The minimum absolute atomic E-state index is 0.0223. The number of hydrogen-bond acceptors (Lipinski definition) is 7. The topological polar surface area (TPSA) is 101 Å². The van der Waals surface area contributed by atoms with Crippen LogP contribution < -0.4 is 10.6 Å². The van der Waals surface area contributed by atoms with E-state index >= 15 is 0 Å². The van der Waals surface area contributed by atoms with Crippen LogP contribution in [-0.4, -0.2) is 73.4 Å². The van der Waals surface area contributed by atoms with Crippen molar-refractivity contribution in [3.8, 4) is 0 Å². The van der Waals surface area contributed by atoms with Crippen molar-refractivity contribution in [1.82, 2.24) is 20.5 Å². The smallest absolute Gasteiger partial charge is 0.224 e. The van der Waals surface area contributed by atoms with Gasteiger partial charge in [-0.15, -0.1) is 11.3 Å². The molecule has 3 atom stereocenters. The Morgan fingerprint density at radius 2 is 2.00 bits per heavy atom. The fraction of sp³-hybridized carbons (Fsp3) is 0.571. The summed E-state index contributed by atoms with van der Waals surface area (Å²) in [5.41, 5.74) is 1.41. The van der Waals surface area contributed by atoms with Crippen molar-refractivity contribution in [3.63, 3.8) is 0 Å². The molecular formula is C28H39ClN4O4S. The third-order valence-electron chi connectivity index (χ3n) is 7.15. The van der Waals surface area contributed by atoms with Gasteiger partial charge in [0.15, 0.2) is 5.78 Å². The zero-order valence-corrected chi connectivity index (χ0v) is 24.1. The molecule has 0 spiro atoms. The first kappa shape index (κ1) is 30.2. The van der Waals surface area contributed by atoms with Gasteiger partial charge in [0.25, 0.3) is 0 Å². The molecule has 208 valence electrons. The molecule has 1 aliphatic rings.